The molecule has 0 aliphatic rings. The number of benzene rings is 2. The Kier molecular flexibility index (Phi) is 5.74. The second-order valence-electron chi connectivity index (χ2n) is 5.24. The highest BCUT2D eigenvalue weighted by molar-refractivity contribution is 5.84. The number of ether oxygens (including phenoxy) is 1. The lowest BCUT2D eigenvalue weighted by atomic mass is 10.1. The molecule has 0 radical (unpaired) electrons. The fourth-order valence-electron chi connectivity index (χ4n) is 2.10. The van der Waals surface area contributed by atoms with Crippen molar-refractivity contribution in [2.45, 2.75) is 13.8 Å². The highest BCUT2D eigenvalue weighted by atomic mass is 16.5. The van der Waals surface area contributed by atoms with Gasteiger partial charge in [-0.15, -0.1) is 0 Å². The summed E-state index contributed by atoms with van der Waals surface area (Å²) in [7, 11) is 1.62. The van der Waals surface area contributed by atoms with Gasteiger partial charge in [-0.05, 0) is 55.3 Å². The predicted molar refractivity (Wildman–Crippen MR) is 93.1 cm³/mol. The highest BCUT2D eigenvalue weighted by Gasteiger charge is 2.02. The third kappa shape index (κ3) is 5.14. The molecule has 2 aromatic carbocycles. The lowest BCUT2D eigenvalue weighted by molar-refractivity contribution is -0.119. The maximum atomic E-state index is 11.8. The van der Waals surface area contributed by atoms with Crippen LogP contribution in [-0.2, 0) is 4.79 Å². The van der Waals surface area contributed by atoms with Crippen LogP contribution >= 0.6 is 0 Å². The first-order chi connectivity index (χ1) is 11.1. The van der Waals surface area contributed by atoms with Gasteiger partial charge in [-0.2, -0.15) is 5.10 Å². The van der Waals surface area contributed by atoms with Gasteiger partial charge in [-0.25, -0.2) is 5.43 Å². The van der Waals surface area contributed by atoms with Crippen molar-refractivity contribution in [2.75, 3.05) is 19.0 Å². The van der Waals surface area contributed by atoms with Crippen LogP contribution in [0.2, 0.25) is 0 Å². The molecule has 0 spiro atoms. The van der Waals surface area contributed by atoms with Gasteiger partial charge in [-0.3, -0.25) is 4.79 Å². The van der Waals surface area contributed by atoms with Gasteiger partial charge in [0.05, 0.1) is 19.9 Å². The Hall–Kier alpha value is -2.82. The van der Waals surface area contributed by atoms with Gasteiger partial charge in [0.15, 0.2) is 0 Å². The monoisotopic (exact) mass is 311 g/mol. The third-order valence-corrected chi connectivity index (χ3v) is 3.34. The van der Waals surface area contributed by atoms with E-state index in [0.29, 0.717) is 0 Å². The zero-order valence-electron chi connectivity index (χ0n) is 13.6. The van der Waals surface area contributed by atoms with Crippen molar-refractivity contribution in [3.05, 3.63) is 59.2 Å². The molecule has 0 atom stereocenters. The van der Waals surface area contributed by atoms with Crippen LogP contribution in [0.5, 0.6) is 5.75 Å². The Labute approximate surface area is 136 Å². The van der Waals surface area contributed by atoms with E-state index >= 15 is 0 Å². The molecular formula is C18H21N3O2. The largest absolute Gasteiger partial charge is 0.497 e. The highest BCUT2D eigenvalue weighted by Crippen LogP contribution is 2.15. The zero-order valence-corrected chi connectivity index (χ0v) is 13.6. The van der Waals surface area contributed by atoms with Crippen molar-refractivity contribution in [3.63, 3.8) is 0 Å². The molecule has 0 aliphatic carbocycles. The number of aryl methyl sites for hydroxylation is 2. The van der Waals surface area contributed by atoms with Crippen LogP contribution in [0.15, 0.2) is 47.6 Å². The number of carbonyl (C=O) groups excluding carboxylic acids is 1. The SMILES string of the molecule is COc1ccc(/C=N/NC(=O)CNc2ccc(C)cc2C)cc1. The van der Waals surface area contributed by atoms with Crippen molar-refractivity contribution in [1.29, 1.82) is 0 Å². The van der Waals surface area contributed by atoms with E-state index < -0.39 is 0 Å². The van der Waals surface area contributed by atoms with Gasteiger partial charge >= 0.3 is 0 Å². The summed E-state index contributed by atoms with van der Waals surface area (Å²) >= 11 is 0. The van der Waals surface area contributed by atoms with E-state index in [-0.39, 0.29) is 12.5 Å². The van der Waals surface area contributed by atoms with Crippen molar-refractivity contribution in [2.24, 2.45) is 5.10 Å². The van der Waals surface area contributed by atoms with E-state index in [0.717, 1.165) is 22.6 Å². The first kappa shape index (κ1) is 16.5. The molecule has 0 aromatic heterocycles. The lowest BCUT2D eigenvalue weighted by Crippen LogP contribution is -2.26. The van der Waals surface area contributed by atoms with E-state index in [1.165, 1.54) is 5.56 Å². The summed E-state index contributed by atoms with van der Waals surface area (Å²) in [4.78, 5) is 11.8. The maximum absolute atomic E-state index is 11.8. The Bertz CT molecular complexity index is 694. The van der Waals surface area contributed by atoms with Crippen LogP contribution in [0.1, 0.15) is 16.7 Å². The number of anilines is 1. The molecule has 5 nitrogen and oxygen atoms in total. The molecule has 2 aromatic rings. The quantitative estimate of drug-likeness (QED) is 0.637. The minimum absolute atomic E-state index is 0.170. The Balaban J connectivity index is 1.81. The molecule has 0 saturated carbocycles. The number of hydrazone groups is 1. The standard InChI is InChI=1S/C18H21N3O2/c1-13-4-9-17(14(2)10-13)19-12-18(22)21-20-11-15-5-7-16(23-3)8-6-15/h4-11,19H,12H2,1-3H3,(H,21,22)/b20-11+. The molecule has 2 rings (SSSR count). The molecule has 120 valence electrons. The summed E-state index contributed by atoms with van der Waals surface area (Å²) in [5, 5.41) is 7.04. The molecule has 0 aliphatic heterocycles. The van der Waals surface area contributed by atoms with Gasteiger partial charge in [0.25, 0.3) is 5.91 Å². The molecule has 0 bridgehead atoms. The number of amides is 1. The van der Waals surface area contributed by atoms with Crippen LogP contribution in [0.4, 0.5) is 5.69 Å². The minimum Gasteiger partial charge on any atom is -0.497 e. The first-order valence-electron chi connectivity index (χ1n) is 7.35. The van der Waals surface area contributed by atoms with E-state index in [4.69, 9.17) is 4.74 Å². The average molecular weight is 311 g/mol. The smallest absolute Gasteiger partial charge is 0.259 e. The van der Waals surface area contributed by atoms with Crippen molar-refractivity contribution in [1.82, 2.24) is 5.43 Å². The first-order valence-corrected chi connectivity index (χ1v) is 7.35. The zero-order chi connectivity index (χ0) is 16.7. The minimum atomic E-state index is -0.199. The summed E-state index contributed by atoms with van der Waals surface area (Å²) in [5.74, 6) is 0.582. The van der Waals surface area contributed by atoms with Crippen LogP contribution < -0.4 is 15.5 Å². The third-order valence-electron chi connectivity index (χ3n) is 3.34. The number of nitrogens with one attached hydrogen (secondary N) is 2. The summed E-state index contributed by atoms with van der Waals surface area (Å²) in [6.45, 7) is 4.22. The molecule has 0 unspecified atom stereocenters. The predicted octanol–water partition coefficient (Wildman–Crippen LogP) is 2.87. The van der Waals surface area contributed by atoms with Gasteiger partial charge in [0, 0.05) is 5.69 Å². The molecule has 23 heavy (non-hydrogen) atoms. The Morgan fingerprint density at radius 1 is 1.17 bits per heavy atom. The molecule has 5 heteroatoms. The number of nitrogens with zero attached hydrogens (tertiary/aromatic N) is 1. The Morgan fingerprint density at radius 2 is 1.91 bits per heavy atom. The van der Waals surface area contributed by atoms with Crippen molar-refractivity contribution in [3.8, 4) is 5.75 Å². The molecular weight excluding hydrogens is 290 g/mol. The van der Waals surface area contributed by atoms with Gasteiger partial charge in [-0.1, -0.05) is 17.7 Å². The van der Waals surface area contributed by atoms with Gasteiger partial charge in [0.1, 0.15) is 5.75 Å². The second-order valence-corrected chi connectivity index (χ2v) is 5.24. The van der Waals surface area contributed by atoms with E-state index in [1.54, 1.807) is 13.3 Å². The maximum Gasteiger partial charge on any atom is 0.259 e. The van der Waals surface area contributed by atoms with Gasteiger partial charge in [0.2, 0.25) is 0 Å². The number of hydrogen-bond acceptors (Lipinski definition) is 4. The number of methoxy groups -OCH3 is 1. The fourth-order valence-corrected chi connectivity index (χ4v) is 2.10. The number of rotatable bonds is 6. The van der Waals surface area contributed by atoms with E-state index in [1.807, 2.05) is 50.2 Å². The van der Waals surface area contributed by atoms with E-state index in [9.17, 15) is 4.79 Å². The van der Waals surface area contributed by atoms with Crippen LogP contribution in [0.3, 0.4) is 0 Å². The lowest BCUT2D eigenvalue weighted by Gasteiger charge is -2.09. The average Bonchev–Trinajstić information content (AvgIpc) is 2.54. The van der Waals surface area contributed by atoms with Gasteiger partial charge < -0.3 is 10.1 Å². The van der Waals surface area contributed by atoms with Crippen molar-refractivity contribution < 1.29 is 9.53 Å². The van der Waals surface area contributed by atoms with Crippen molar-refractivity contribution >= 4 is 17.8 Å². The summed E-state index contributed by atoms with van der Waals surface area (Å²) < 4.78 is 5.08. The summed E-state index contributed by atoms with van der Waals surface area (Å²) in [6, 6.07) is 13.5. The number of hydrogen-bond donors (Lipinski definition) is 2. The van der Waals surface area contributed by atoms with Crippen LogP contribution in [0, 0.1) is 13.8 Å². The molecule has 0 heterocycles. The summed E-state index contributed by atoms with van der Waals surface area (Å²) in [6.07, 6.45) is 1.59. The molecule has 2 N–H and O–H groups in total. The molecule has 0 fully saturated rings. The normalized spacial score (nSPS) is 10.6. The second kappa shape index (κ2) is 7.98. The fraction of sp³-hybridized carbons (Fsp3) is 0.222. The molecule has 0 saturated heterocycles. The van der Waals surface area contributed by atoms with Crippen LogP contribution in [-0.4, -0.2) is 25.8 Å². The van der Waals surface area contributed by atoms with E-state index in [2.05, 4.69) is 21.9 Å². The Morgan fingerprint density at radius 3 is 2.57 bits per heavy atom. The summed E-state index contributed by atoms with van der Waals surface area (Å²) in [5.41, 5.74) is 6.64. The van der Waals surface area contributed by atoms with Crippen LogP contribution in [0.25, 0.3) is 0 Å². The number of carbonyl (C=O) groups is 1. The topological polar surface area (TPSA) is 62.7 Å². The molecule has 1 amide bonds.